The van der Waals surface area contributed by atoms with Crippen LogP contribution in [0.15, 0.2) is 65.8 Å². The van der Waals surface area contributed by atoms with E-state index in [1.54, 1.807) is 36.1 Å². The third kappa shape index (κ3) is 4.99. The Hall–Kier alpha value is -3.04. The fraction of sp³-hybridized carbons (Fsp3) is 0.333. The zero-order valence-electron chi connectivity index (χ0n) is 18.6. The number of aryl methyl sites for hydroxylation is 1. The molecule has 7 nitrogen and oxygen atoms in total. The zero-order valence-corrected chi connectivity index (χ0v) is 19.4. The molecule has 0 bridgehead atoms. The Labute approximate surface area is 193 Å². The Balaban J connectivity index is 1.55. The summed E-state index contributed by atoms with van der Waals surface area (Å²) in [5.41, 5.74) is 0.855. The summed E-state index contributed by atoms with van der Waals surface area (Å²) < 4.78 is 43.0. The number of nitrogens with one attached hydrogen (secondary N) is 1. The number of rotatable bonds is 6. The van der Waals surface area contributed by atoms with E-state index in [9.17, 15) is 17.6 Å². The van der Waals surface area contributed by atoms with Crippen LogP contribution in [0.5, 0.6) is 0 Å². The molecule has 4 rings (SSSR count). The van der Waals surface area contributed by atoms with Crippen LogP contribution in [-0.4, -0.2) is 41.3 Å². The van der Waals surface area contributed by atoms with Crippen molar-refractivity contribution >= 4 is 15.9 Å². The van der Waals surface area contributed by atoms with Gasteiger partial charge in [0, 0.05) is 38.1 Å². The van der Waals surface area contributed by atoms with Crippen molar-refractivity contribution in [3.63, 3.8) is 0 Å². The molecule has 1 aliphatic rings. The molecule has 1 saturated heterocycles. The molecule has 0 spiro atoms. The van der Waals surface area contributed by atoms with Crippen molar-refractivity contribution in [2.75, 3.05) is 13.1 Å². The van der Waals surface area contributed by atoms with Crippen molar-refractivity contribution in [2.24, 2.45) is 13.0 Å². The summed E-state index contributed by atoms with van der Waals surface area (Å²) >= 11 is 0. The van der Waals surface area contributed by atoms with Crippen LogP contribution in [0.3, 0.4) is 0 Å². The highest BCUT2D eigenvalue weighted by atomic mass is 32.2. The van der Waals surface area contributed by atoms with Gasteiger partial charge in [0.2, 0.25) is 10.0 Å². The monoisotopic (exact) mass is 470 g/mol. The van der Waals surface area contributed by atoms with Crippen LogP contribution < -0.4 is 5.32 Å². The van der Waals surface area contributed by atoms with Crippen LogP contribution in [0.25, 0.3) is 0 Å². The summed E-state index contributed by atoms with van der Waals surface area (Å²) in [6, 6.07) is 11.2. The van der Waals surface area contributed by atoms with Crippen molar-refractivity contribution in [1.82, 2.24) is 19.2 Å². The van der Waals surface area contributed by atoms with E-state index in [1.165, 1.54) is 40.7 Å². The maximum absolute atomic E-state index is 13.9. The van der Waals surface area contributed by atoms with E-state index in [1.807, 2.05) is 0 Å². The molecule has 1 fully saturated rings. The molecule has 174 valence electrons. The number of amides is 1. The lowest BCUT2D eigenvalue weighted by molar-refractivity contribution is 0.0941. The summed E-state index contributed by atoms with van der Waals surface area (Å²) in [5, 5.41) is 2.90. The Kier molecular flexibility index (Phi) is 6.62. The summed E-state index contributed by atoms with van der Waals surface area (Å²) in [7, 11) is -1.80. The second-order valence-corrected chi connectivity index (χ2v) is 10.4. The van der Waals surface area contributed by atoms with E-state index in [0.717, 1.165) is 12.8 Å². The minimum atomic E-state index is -3.59. The largest absolute Gasteiger partial charge is 0.338 e. The van der Waals surface area contributed by atoms with Gasteiger partial charge in [-0.15, -0.1) is 0 Å². The van der Waals surface area contributed by atoms with Gasteiger partial charge in [0.1, 0.15) is 17.7 Å². The third-order valence-corrected chi connectivity index (χ3v) is 7.98. The third-order valence-electron chi connectivity index (χ3n) is 6.07. The molecule has 2 heterocycles. The van der Waals surface area contributed by atoms with E-state index in [-0.39, 0.29) is 4.90 Å². The van der Waals surface area contributed by atoms with Crippen molar-refractivity contribution < 1.29 is 17.6 Å². The molecule has 33 heavy (non-hydrogen) atoms. The predicted molar refractivity (Wildman–Crippen MR) is 123 cm³/mol. The first-order chi connectivity index (χ1) is 15.8. The molecule has 0 saturated carbocycles. The van der Waals surface area contributed by atoms with E-state index in [0.29, 0.717) is 36.0 Å². The van der Waals surface area contributed by atoms with Gasteiger partial charge in [-0.1, -0.05) is 19.1 Å². The molecule has 1 aromatic heterocycles. The van der Waals surface area contributed by atoms with E-state index < -0.39 is 27.8 Å². The fourth-order valence-electron chi connectivity index (χ4n) is 4.01. The summed E-state index contributed by atoms with van der Waals surface area (Å²) in [6.07, 6.45) is 5.03. The van der Waals surface area contributed by atoms with E-state index >= 15 is 0 Å². The molecule has 0 radical (unpaired) electrons. The van der Waals surface area contributed by atoms with Crippen molar-refractivity contribution in [3.05, 3.63) is 83.7 Å². The van der Waals surface area contributed by atoms with Crippen LogP contribution in [0, 0.1) is 11.7 Å². The lowest BCUT2D eigenvalue weighted by atomic mass is 10.0. The number of carbonyl (C=O) groups excluding carboxylic acids is 1. The number of aromatic nitrogens is 2. The molecule has 1 aliphatic heterocycles. The van der Waals surface area contributed by atoms with Crippen molar-refractivity contribution in [1.29, 1.82) is 0 Å². The Morgan fingerprint density at radius 1 is 1.15 bits per heavy atom. The molecule has 1 unspecified atom stereocenters. The molecule has 2 aromatic carbocycles. The molecule has 1 amide bonds. The molecule has 1 N–H and O–H groups in total. The number of benzene rings is 2. The Morgan fingerprint density at radius 2 is 1.85 bits per heavy atom. The number of sulfonamides is 1. The topological polar surface area (TPSA) is 84.3 Å². The van der Waals surface area contributed by atoms with Crippen molar-refractivity contribution in [3.8, 4) is 0 Å². The first-order valence-electron chi connectivity index (χ1n) is 10.9. The summed E-state index contributed by atoms with van der Waals surface area (Å²) in [5.74, 6) is 0.241. The van der Waals surface area contributed by atoms with Crippen molar-refractivity contribution in [2.45, 2.75) is 30.7 Å². The Bertz CT molecular complexity index is 1230. The lowest BCUT2D eigenvalue weighted by Gasteiger charge is -2.29. The van der Waals surface area contributed by atoms with Gasteiger partial charge in [-0.05, 0) is 60.7 Å². The number of hydrogen-bond acceptors (Lipinski definition) is 4. The maximum atomic E-state index is 13.9. The molecular weight excluding hydrogens is 443 g/mol. The van der Waals surface area contributed by atoms with E-state index in [2.05, 4.69) is 17.2 Å². The minimum absolute atomic E-state index is 0.166. The summed E-state index contributed by atoms with van der Waals surface area (Å²) in [4.78, 5) is 17.5. The first kappa shape index (κ1) is 23.1. The number of imidazole rings is 1. The molecular formula is C24H27FN4O3S. The maximum Gasteiger partial charge on any atom is 0.252 e. The second-order valence-electron chi connectivity index (χ2n) is 8.47. The van der Waals surface area contributed by atoms with E-state index in [4.69, 9.17) is 0 Å². The van der Waals surface area contributed by atoms with Gasteiger partial charge in [0.25, 0.3) is 5.91 Å². The molecule has 3 aromatic rings. The van der Waals surface area contributed by atoms with Gasteiger partial charge in [-0.25, -0.2) is 17.8 Å². The fourth-order valence-corrected chi connectivity index (χ4v) is 5.48. The number of piperidine rings is 1. The first-order valence-corrected chi connectivity index (χ1v) is 12.3. The SMILES string of the molecule is CC1CCN(S(=O)(=O)c2ccc(C(=O)NC(c3cccc(F)c3)c3nccn3C)cc2)CC1. The van der Waals surface area contributed by atoms with Gasteiger partial charge < -0.3 is 9.88 Å². The average Bonchev–Trinajstić information content (AvgIpc) is 3.23. The van der Waals surface area contributed by atoms with Crippen LogP contribution in [0.4, 0.5) is 4.39 Å². The van der Waals surface area contributed by atoms with Gasteiger partial charge in [0.15, 0.2) is 0 Å². The summed E-state index contributed by atoms with van der Waals surface area (Å²) in [6.45, 7) is 3.13. The zero-order chi connectivity index (χ0) is 23.6. The van der Waals surface area contributed by atoms with Gasteiger partial charge >= 0.3 is 0 Å². The van der Waals surface area contributed by atoms with Crippen LogP contribution in [0.2, 0.25) is 0 Å². The van der Waals surface area contributed by atoms with Gasteiger partial charge in [0.05, 0.1) is 4.90 Å². The number of nitrogens with zero attached hydrogens (tertiary/aromatic N) is 3. The Morgan fingerprint density at radius 3 is 2.45 bits per heavy atom. The van der Waals surface area contributed by atoms with Crippen LogP contribution in [0.1, 0.15) is 47.6 Å². The lowest BCUT2D eigenvalue weighted by Crippen LogP contribution is -2.37. The van der Waals surface area contributed by atoms with Gasteiger partial charge in [-0.2, -0.15) is 4.31 Å². The predicted octanol–water partition coefficient (Wildman–Crippen LogP) is 3.50. The molecule has 9 heteroatoms. The highest BCUT2D eigenvalue weighted by Gasteiger charge is 2.28. The van der Waals surface area contributed by atoms with Gasteiger partial charge in [-0.3, -0.25) is 4.79 Å². The minimum Gasteiger partial charge on any atom is -0.338 e. The second kappa shape index (κ2) is 9.44. The normalized spacial score (nSPS) is 16.5. The molecule has 1 atom stereocenters. The standard InChI is InChI=1S/C24H27FN4O3S/c1-17-10-13-29(14-11-17)33(31,32)21-8-6-18(7-9-21)24(30)27-22(23-26-12-15-28(23)2)19-4-3-5-20(25)16-19/h3-9,12,15-17,22H,10-11,13-14H2,1-2H3,(H,27,30). The number of carbonyl (C=O) groups is 1. The number of halogens is 1. The highest BCUT2D eigenvalue weighted by Crippen LogP contribution is 2.25. The van der Waals surface area contributed by atoms with Crippen LogP contribution >= 0.6 is 0 Å². The quantitative estimate of drug-likeness (QED) is 0.598. The number of hydrogen-bond donors (Lipinski definition) is 1. The average molecular weight is 471 g/mol. The molecule has 0 aliphatic carbocycles. The smallest absolute Gasteiger partial charge is 0.252 e. The highest BCUT2D eigenvalue weighted by molar-refractivity contribution is 7.89. The van der Waals surface area contributed by atoms with Crippen LogP contribution in [-0.2, 0) is 17.1 Å².